The first-order valence-electron chi connectivity index (χ1n) is 5.83. The van der Waals surface area contributed by atoms with Gasteiger partial charge in [0.2, 0.25) is 5.88 Å². The van der Waals surface area contributed by atoms with Crippen LogP contribution in [0.1, 0.15) is 31.4 Å². The number of nitrogens with zero attached hydrogens (tertiary/aromatic N) is 2. The fraction of sp³-hybridized carbons (Fsp3) is 0.583. The van der Waals surface area contributed by atoms with Crippen LogP contribution in [0.3, 0.4) is 0 Å². The zero-order valence-electron chi connectivity index (χ0n) is 9.80. The van der Waals surface area contributed by atoms with Crippen LogP contribution in [0.15, 0.2) is 12.4 Å². The van der Waals surface area contributed by atoms with E-state index in [-0.39, 0.29) is 12.0 Å². The molecule has 0 bridgehead atoms. The van der Waals surface area contributed by atoms with Crippen LogP contribution in [0.2, 0.25) is 0 Å². The van der Waals surface area contributed by atoms with E-state index in [9.17, 15) is 4.79 Å². The Hall–Kier alpha value is -1.65. The SMILES string of the molecule is Cc1cnc(OC2CCC(C(=O)O)CC2)cn1. The number of aryl methyl sites for hydroxylation is 1. The highest BCUT2D eigenvalue weighted by molar-refractivity contribution is 5.70. The molecule has 1 aromatic heterocycles. The van der Waals surface area contributed by atoms with Crippen LogP contribution in [-0.4, -0.2) is 27.1 Å². The molecule has 1 saturated carbocycles. The highest BCUT2D eigenvalue weighted by atomic mass is 16.5. The Labute approximate surface area is 99.9 Å². The Morgan fingerprint density at radius 3 is 2.53 bits per heavy atom. The van der Waals surface area contributed by atoms with Gasteiger partial charge in [-0.1, -0.05) is 0 Å². The van der Waals surface area contributed by atoms with Crippen LogP contribution < -0.4 is 4.74 Å². The number of aliphatic carboxylic acids is 1. The summed E-state index contributed by atoms with van der Waals surface area (Å²) in [6, 6.07) is 0. The summed E-state index contributed by atoms with van der Waals surface area (Å²) in [7, 11) is 0. The molecule has 1 aliphatic rings. The minimum Gasteiger partial charge on any atom is -0.481 e. The monoisotopic (exact) mass is 236 g/mol. The van der Waals surface area contributed by atoms with Crippen molar-refractivity contribution >= 4 is 5.97 Å². The molecule has 1 aliphatic carbocycles. The van der Waals surface area contributed by atoms with Gasteiger partial charge >= 0.3 is 5.97 Å². The molecule has 0 aliphatic heterocycles. The van der Waals surface area contributed by atoms with Crippen molar-refractivity contribution in [3.63, 3.8) is 0 Å². The van der Waals surface area contributed by atoms with Crippen molar-refractivity contribution < 1.29 is 14.6 Å². The van der Waals surface area contributed by atoms with E-state index in [4.69, 9.17) is 9.84 Å². The Morgan fingerprint density at radius 1 is 1.29 bits per heavy atom. The normalized spacial score (nSPS) is 24.3. The fourth-order valence-electron chi connectivity index (χ4n) is 2.04. The third-order valence-corrected chi connectivity index (χ3v) is 3.07. The standard InChI is InChI=1S/C12H16N2O3/c1-8-6-14-11(7-13-8)17-10-4-2-9(3-5-10)12(15)16/h6-7,9-10H,2-5H2,1H3,(H,15,16). The largest absolute Gasteiger partial charge is 0.481 e. The molecule has 2 rings (SSSR count). The van der Waals surface area contributed by atoms with Gasteiger partial charge < -0.3 is 9.84 Å². The van der Waals surface area contributed by atoms with Crippen LogP contribution in [-0.2, 0) is 4.79 Å². The summed E-state index contributed by atoms with van der Waals surface area (Å²) in [4.78, 5) is 19.0. The van der Waals surface area contributed by atoms with E-state index in [2.05, 4.69) is 9.97 Å². The van der Waals surface area contributed by atoms with E-state index < -0.39 is 5.97 Å². The second-order valence-electron chi connectivity index (χ2n) is 4.43. The molecule has 0 atom stereocenters. The second-order valence-corrected chi connectivity index (χ2v) is 4.43. The average molecular weight is 236 g/mol. The Morgan fingerprint density at radius 2 is 2.00 bits per heavy atom. The minimum atomic E-state index is -0.696. The molecule has 1 heterocycles. The number of rotatable bonds is 3. The van der Waals surface area contributed by atoms with Crippen molar-refractivity contribution in [2.24, 2.45) is 5.92 Å². The van der Waals surface area contributed by atoms with Crippen LogP contribution >= 0.6 is 0 Å². The van der Waals surface area contributed by atoms with Gasteiger partial charge in [-0.05, 0) is 32.6 Å². The minimum absolute atomic E-state index is 0.0719. The van der Waals surface area contributed by atoms with E-state index in [1.54, 1.807) is 12.4 Å². The lowest BCUT2D eigenvalue weighted by atomic mass is 9.87. The molecule has 0 radical (unpaired) electrons. The first-order valence-corrected chi connectivity index (χ1v) is 5.83. The summed E-state index contributed by atoms with van der Waals surface area (Å²) < 4.78 is 5.67. The summed E-state index contributed by atoms with van der Waals surface area (Å²) in [6.45, 7) is 1.87. The van der Waals surface area contributed by atoms with Gasteiger partial charge in [0.25, 0.3) is 0 Å². The maximum atomic E-state index is 10.8. The first kappa shape index (κ1) is 11.8. The number of carboxylic acids is 1. The number of hydrogen-bond donors (Lipinski definition) is 1. The molecule has 0 spiro atoms. The highest BCUT2D eigenvalue weighted by Gasteiger charge is 2.27. The van der Waals surface area contributed by atoms with Crippen LogP contribution in [0.4, 0.5) is 0 Å². The number of ether oxygens (including phenoxy) is 1. The Bertz CT molecular complexity index is 383. The predicted octanol–water partition coefficient (Wildman–Crippen LogP) is 1.81. The van der Waals surface area contributed by atoms with E-state index >= 15 is 0 Å². The van der Waals surface area contributed by atoms with Crippen molar-refractivity contribution in [3.8, 4) is 5.88 Å². The zero-order chi connectivity index (χ0) is 12.3. The van der Waals surface area contributed by atoms with Gasteiger partial charge in [0, 0.05) is 0 Å². The molecule has 1 fully saturated rings. The molecule has 0 unspecified atom stereocenters. The molecular formula is C12H16N2O3. The topological polar surface area (TPSA) is 72.3 Å². The van der Waals surface area contributed by atoms with E-state index in [0.717, 1.165) is 18.5 Å². The van der Waals surface area contributed by atoms with Gasteiger partial charge in [-0.3, -0.25) is 9.78 Å². The molecule has 0 aromatic carbocycles. The van der Waals surface area contributed by atoms with Crippen molar-refractivity contribution in [2.45, 2.75) is 38.7 Å². The average Bonchev–Trinajstić information content (AvgIpc) is 2.33. The van der Waals surface area contributed by atoms with Crippen LogP contribution in [0.25, 0.3) is 0 Å². The van der Waals surface area contributed by atoms with E-state index in [1.165, 1.54) is 0 Å². The summed E-state index contributed by atoms with van der Waals surface area (Å²) in [5.41, 5.74) is 0.854. The van der Waals surface area contributed by atoms with Crippen LogP contribution in [0, 0.1) is 12.8 Å². The summed E-state index contributed by atoms with van der Waals surface area (Å²) in [5, 5.41) is 8.88. The molecule has 5 nitrogen and oxygen atoms in total. The maximum absolute atomic E-state index is 10.8. The van der Waals surface area contributed by atoms with Crippen LogP contribution in [0.5, 0.6) is 5.88 Å². The van der Waals surface area contributed by atoms with E-state index in [0.29, 0.717) is 18.7 Å². The van der Waals surface area contributed by atoms with Crippen molar-refractivity contribution in [3.05, 3.63) is 18.1 Å². The maximum Gasteiger partial charge on any atom is 0.306 e. The fourth-order valence-corrected chi connectivity index (χ4v) is 2.04. The number of hydrogen-bond acceptors (Lipinski definition) is 4. The Kier molecular flexibility index (Phi) is 3.56. The number of carboxylic acid groups (broad SMARTS) is 1. The van der Waals surface area contributed by atoms with E-state index in [1.807, 2.05) is 6.92 Å². The molecule has 1 N–H and O–H groups in total. The quantitative estimate of drug-likeness (QED) is 0.866. The lowest BCUT2D eigenvalue weighted by Gasteiger charge is -2.26. The molecule has 0 amide bonds. The summed E-state index contributed by atoms with van der Waals surface area (Å²) in [5.74, 6) is -0.382. The summed E-state index contributed by atoms with van der Waals surface area (Å²) >= 11 is 0. The second kappa shape index (κ2) is 5.12. The van der Waals surface area contributed by atoms with Gasteiger partial charge in [0.15, 0.2) is 0 Å². The van der Waals surface area contributed by atoms with Crippen molar-refractivity contribution in [1.82, 2.24) is 9.97 Å². The molecule has 92 valence electrons. The number of aromatic nitrogens is 2. The molecule has 17 heavy (non-hydrogen) atoms. The van der Waals surface area contributed by atoms with Gasteiger partial charge in [-0.25, -0.2) is 4.98 Å². The lowest BCUT2D eigenvalue weighted by molar-refractivity contribution is -0.143. The molecular weight excluding hydrogens is 220 g/mol. The predicted molar refractivity (Wildman–Crippen MR) is 60.8 cm³/mol. The summed E-state index contributed by atoms with van der Waals surface area (Å²) in [6.07, 6.45) is 6.25. The van der Waals surface area contributed by atoms with Crippen molar-refractivity contribution in [1.29, 1.82) is 0 Å². The lowest BCUT2D eigenvalue weighted by Crippen LogP contribution is -2.28. The highest BCUT2D eigenvalue weighted by Crippen LogP contribution is 2.26. The number of carbonyl (C=O) groups is 1. The molecule has 5 heteroatoms. The van der Waals surface area contributed by atoms with Crippen molar-refractivity contribution in [2.75, 3.05) is 0 Å². The Balaban J connectivity index is 1.85. The first-order chi connectivity index (χ1) is 8.15. The van der Waals surface area contributed by atoms with Gasteiger partial charge in [0.1, 0.15) is 6.10 Å². The third-order valence-electron chi connectivity index (χ3n) is 3.07. The molecule has 1 aromatic rings. The smallest absolute Gasteiger partial charge is 0.306 e. The third kappa shape index (κ3) is 3.15. The van der Waals surface area contributed by atoms with Gasteiger partial charge in [-0.15, -0.1) is 0 Å². The van der Waals surface area contributed by atoms with Gasteiger partial charge in [-0.2, -0.15) is 0 Å². The zero-order valence-corrected chi connectivity index (χ0v) is 9.80. The van der Waals surface area contributed by atoms with Gasteiger partial charge in [0.05, 0.1) is 24.0 Å². The molecule has 0 saturated heterocycles.